The normalized spacial score (nSPS) is 14.2. The van der Waals surface area contributed by atoms with Gasteiger partial charge in [-0.2, -0.15) is 0 Å². The van der Waals surface area contributed by atoms with E-state index in [0.29, 0.717) is 6.04 Å². The van der Waals surface area contributed by atoms with Crippen molar-refractivity contribution in [3.8, 4) is 11.3 Å². The Morgan fingerprint density at radius 3 is 2.44 bits per heavy atom. The SMILES string of the molecule is CCC(CC)C(=O)/C=C(\O)C(CC)CC.[2H]c1cc(-c2ncnc3c2sc2cc(CC4CCCC4)ccc23)[c-]c2ccccc12.[Ir]. The van der Waals surface area contributed by atoms with Gasteiger partial charge in [-0.15, -0.1) is 41.0 Å². The Kier molecular flexibility index (Phi) is 12.3. The molecule has 45 heavy (non-hydrogen) atoms. The molecule has 1 N–H and O–H groups in total. The fraction of sp³-hybridized carbons (Fsp3) is 0.410. The van der Waals surface area contributed by atoms with Crippen molar-refractivity contribution in [3.63, 3.8) is 0 Å². The largest absolute Gasteiger partial charge is 0.512 e. The van der Waals surface area contributed by atoms with Crippen molar-refractivity contribution < 1.29 is 31.4 Å². The minimum Gasteiger partial charge on any atom is -0.512 e. The molecule has 6 heteroatoms. The summed E-state index contributed by atoms with van der Waals surface area (Å²) in [6, 6.07) is 20.6. The zero-order valence-corrected chi connectivity index (χ0v) is 30.1. The van der Waals surface area contributed by atoms with Crippen LogP contribution in [0.4, 0.5) is 0 Å². The summed E-state index contributed by atoms with van der Waals surface area (Å²) in [7, 11) is 0. The summed E-state index contributed by atoms with van der Waals surface area (Å²) in [5.41, 5.74) is 4.17. The molecule has 239 valence electrons. The number of rotatable bonds is 10. The number of thiophene rings is 1. The van der Waals surface area contributed by atoms with Gasteiger partial charge in [0.25, 0.3) is 0 Å². The van der Waals surface area contributed by atoms with Crippen LogP contribution in [0.25, 0.3) is 42.3 Å². The number of carbonyl (C=O) groups excluding carboxylic acids is 1. The van der Waals surface area contributed by atoms with Crippen molar-refractivity contribution in [2.75, 3.05) is 0 Å². The number of aliphatic hydroxyl groups is 1. The van der Waals surface area contributed by atoms with E-state index in [-0.39, 0.29) is 43.5 Å². The molecule has 1 fully saturated rings. The second kappa shape index (κ2) is 16.6. The first kappa shape index (κ1) is 33.4. The van der Waals surface area contributed by atoms with Crippen LogP contribution in [0, 0.1) is 23.8 Å². The van der Waals surface area contributed by atoms with E-state index in [2.05, 4.69) is 34.2 Å². The quantitative estimate of drug-likeness (QED) is 0.0868. The third kappa shape index (κ3) is 8.27. The van der Waals surface area contributed by atoms with Crippen molar-refractivity contribution in [2.24, 2.45) is 17.8 Å². The maximum Gasteiger partial charge on any atom is 0.162 e. The van der Waals surface area contributed by atoms with Crippen LogP contribution in [0.5, 0.6) is 0 Å². The van der Waals surface area contributed by atoms with Gasteiger partial charge in [0, 0.05) is 59.9 Å². The summed E-state index contributed by atoms with van der Waals surface area (Å²) in [5.74, 6) is 1.39. The number of ketones is 1. The van der Waals surface area contributed by atoms with Crippen molar-refractivity contribution in [2.45, 2.75) is 85.5 Å². The fourth-order valence-electron chi connectivity index (χ4n) is 6.44. The molecule has 2 aromatic heterocycles. The van der Waals surface area contributed by atoms with E-state index in [1.54, 1.807) is 17.7 Å². The molecule has 0 saturated heterocycles. The Labute approximate surface area is 287 Å². The first-order valence-electron chi connectivity index (χ1n) is 16.9. The Hall–Kier alpha value is -2.92. The van der Waals surface area contributed by atoms with E-state index in [9.17, 15) is 9.90 Å². The smallest absolute Gasteiger partial charge is 0.162 e. The van der Waals surface area contributed by atoms with Gasteiger partial charge in [-0.3, -0.25) is 9.78 Å². The molecule has 4 nitrogen and oxygen atoms in total. The summed E-state index contributed by atoms with van der Waals surface area (Å²) < 4.78 is 10.8. The third-order valence-electron chi connectivity index (χ3n) is 9.22. The van der Waals surface area contributed by atoms with E-state index in [1.807, 2.05) is 58.0 Å². The minimum atomic E-state index is 0. The Morgan fingerprint density at radius 1 is 1.02 bits per heavy atom. The molecular formula is C39H45IrN2O2S-. The molecule has 0 atom stereocenters. The number of carbonyl (C=O) groups is 1. The number of aromatic nitrogens is 2. The summed E-state index contributed by atoms with van der Waals surface area (Å²) in [6.45, 7) is 8.07. The van der Waals surface area contributed by atoms with Crippen LogP contribution in [-0.4, -0.2) is 20.9 Å². The number of hydrogen-bond acceptors (Lipinski definition) is 5. The van der Waals surface area contributed by atoms with Crippen LogP contribution in [0.2, 0.25) is 0 Å². The van der Waals surface area contributed by atoms with Crippen molar-refractivity contribution in [3.05, 3.63) is 84.4 Å². The van der Waals surface area contributed by atoms with Gasteiger partial charge in [0.15, 0.2) is 5.78 Å². The average molecular weight is 799 g/mol. The van der Waals surface area contributed by atoms with Crippen LogP contribution in [0.1, 0.15) is 86.0 Å². The zero-order chi connectivity index (χ0) is 31.9. The first-order chi connectivity index (χ1) is 21.9. The molecule has 0 spiro atoms. The number of benzene rings is 3. The van der Waals surface area contributed by atoms with Crippen molar-refractivity contribution in [1.29, 1.82) is 0 Å². The van der Waals surface area contributed by atoms with Crippen LogP contribution in [0.3, 0.4) is 0 Å². The van der Waals surface area contributed by atoms with Gasteiger partial charge in [-0.25, -0.2) is 4.98 Å². The van der Waals surface area contributed by atoms with E-state index in [4.69, 9.17) is 1.37 Å². The molecule has 1 saturated carbocycles. The molecule has 1 aliphatic rings. The molecule has 3 aromatic carbocycles. The maximum atomic E-state index is 11.7. The number of nitrogens with zero attached hydrogens (tertiary/aromatic N) is 2. The Balaban J connectivity index is 0.000000259. The molecule has 6 rings (SSSR count). The molecule has 1 aliphatic carbocycles. The molecule has 0 amide bonds. The van der Waals surface area contributed by atoms with Gasteiger partial charge in [-0.1, -0.05) is 94.7 Å². The molecule has 0 unspecified atom stereocenters. The fourth-order valence-corrected chi connectivity index (χ4v) is 7.67. The number of hydrogen-bond donors (Lipinski definition) is 1. The minimum absolute atomic E-state index is 0. The third-order valence-corrected chi connectivity index (χ3v) is 10.4. The Morgan fingerprint density at radius 2 is 1.73 bits per heavy atom. The van der Waals surface area contributed by atoms with Gasteiger partial charge in [-0.05, 0) is 49.7 Å². The standard InChI is InChI=1S/C26H21N2S.C13H24O2.Ir/c1-2-6-17(5-1)13-18-9-12-22-23(14-18)29-26-24(27-16-28-25(22)26)21-11-10-19-7-3-4-8-20(19)15-21;1-5-10(6-2)12(14)9-13(15)11(7-3)8-4;/h3-4,7-12,14,16-17H,1-2,5-6,13H2;9-11,14H,5-8H2,1-4H3;/q-1;;/b;12-9-;/i10D;;. The van der Waals surface area contributed by atoms with Crippen molar-refractivity contribution >= 4 is 48.2 Å². The molecule has 5 aromatic rings. The molecule has 2 heterocycles. The van der Waals surface area contributed by atoms with Crippen LogP contribution < -0.4 is 0 Å². The van der Waals surface area contributed by atoms with Crippen LogP contribution in [-0.2, 0) is 31.3 Å². The number of fused-ring (bicyclic) bond motifs is 4. The Bertz CT molecular complexity index is 1800. The van der Waals surface area contributed by atoms with Gasteiger partial charge in [0.2, 0.25) is 0 Å². The first-order valence-corrected chi connectivity index (χ1v) is 17.2. The number of aliphatic hydroxyl groups excluding tert-OH is 1. The summed E-state index contributed by atoms with van der Waals surface area (Å²) in [6.07, 6.45) is 13.2. The molecule has 0 bridgehead atoms. The topological polar surface area (TPSA) is 63.1 Å². The summed E-state index contributed by atoms with van der Waals surface area (Å²) in [5, 5.41) is 12.8. The van der Waals surface area contributed by atoms with E-state index < -0.39 is 0 Å². The van der Waals surface area contributed by atoms with Gasteiger partial charge in [0.05, 0.1) is 11.3 Å². The molecular weight excluding hydrogens is 753 g/mol. The van der Waals surface area contributed by atoms with E-state index >= 15 is 0 Å². The predicted octanol–water partition coefficient (Wildman–Crippen LogP) is 11.1. The predicted molar refractivity (Wildman–Crippen MR) is 186 cm³/mol. The molecule has 1 radical (unpaired) electrons. The maximum absolute atomic E-state index is 11.7. The van der Waals surface area contributed by atoms with Crippen molar-refractivity contribution in [1.82, 2.24) is 9.97 Å². The van der Waals surface area contributed by atoms with Gasteiger partial charge < -0.3 is 5.11 Å². The second-order valence-electron chi connectivity index (χ2n) is 12.1. The zero-order valence-electron chi connectivity index (χ0n) is 27.9. The van der Waals surface area contributed by atoms with Gasteiger partial charge in [0.1, 0.15) is 6.33 Å². The summed E-state index contributed by atoms with van der Waals surface area (Å²) in [4.78, 5) is 20.9. The average Bonchev–Trinajstić information content (AvgIpc) is 3.70. The summed E-state index contributed by atoms with van der Waals surface area (Å²) >= 11 is 1.76. The van der Waals surface area contributed by atoms with E-state index in [0.717, 1.165) is 63.8 Å². The number of allylic oxidation sites excluding steroid dienone is 2. The van der Waals surface area contributed by atoms with Crippen LogP contribution in [0.15, 0.2) is 72.7 Å². The van der Waals surface area contributed by atoms with Gasteiger partial charge >= 0.3 is 0 Å². The van der Waals surface area contributed by atoms with E-state index in [1.165, 1.54) is 53.8 Å². The monoisotopic (exact) mass is 799 g/mol. The second-order valence-corrected chi connectivity index (χ2v) is 13.1. The van der Waals surface area contributed by atoms with Crippen LogP contribution >= 0.6 is 11.3 Å². The molecule has 0 aliphatic heterocycles.